The van der Waals surface area contributed by atoms with Crippen LogP contribution < -0.4 is 9.58 Å². The average molecular weight is 324 g/mol. The lowest BCUT2D eigenvalue weighted by molar-refractivity contribution is -0.696. The third-order valence-electron chi connectivity index (χ3n) is 3.60. The van der Waals surface area contributed by atoms with E-state index >= 15 is 0 Å². The second-order valence-corrected chi connectivity index (χ2v) is 5.50. The topological polar surface area (TPSA) is 54.0 Å². The summed E-state index contributed by atoms with van der Waals surface area (Å²) in [5, 5.41) is 16.7. The van der Waals surface area contributed by atoms with E-state index in [4.69, 9.17) is 16.3 Å². The van der Waals surface area contributed by atoms with Crippen LogP contribution in [0.2, 0.25) is 5.02 Å². The molecule has 0 N–H and O–H groups in total. The van der Waals surface area contributed by atoms with Crippen molar-refractivity contribution in [2.75, 3.05) is 6.61 Å². The Labute approximate surface area is 132 Å². The molecule has 0 fully saturated rings. The summed E-state index contributed by atoms with van der Waals surface area (Å²) in [4.78, 5) is 1.68. The molecule has 7 heteroatoms. The van der Waals surface area contributed by atoms with Crippen LogP contribution in [0, 0.1) is 11.0 Å². The molecule has 0 saturated heterocycles. The summed E-state index contributed by atoms with van der Waals surface area (Å²) < 4.78 is 19.6. The first kappa shape index (κ1) is 14.8. The molecule has 5 nitrogen and oxygen atoms in total. The minimum atomic E-state index is -0.625. The first-order valence-corrected chi connectivity index (χ1v) is 7.43. The number of nitrogens with zero attached hydrogens (tertiary/aromatic N) is 3. The highest BCUT2D eigenvalue weighted by molar-refractivity contribution is 6.32. The molecule has 2 aromatic rings. The highest BCUT2D eigenvalue weighted by Crippen LogP contribution is 2.29. The van der Waals surface area contributed by atoms with E-state index in [0.29, 0.717) is 17.0 Å². The molecule has 1 aliphatic carbocycles. The molecular weight excluding hydrogens is 309 g/mol. The first-order valence-electron chi connectivity index (χ1n) is 7.05. The molecule has 3 rings (SSSR count). The normalized spacial score (nSPS) is 13.7. The number of aryl methyl sites for hydroxylation is 1. The van der Waals surface area contributed by atoms with Crippen LogP contribution >= 0.6 is 11.6 Å². The van der Waals surface area contributed by atoms with Gasteiger partial charge in [0.1, 0.15) is 12.4 Å². The first-order chi connectivity index (χ1) is 10.6. The largest absolute Gasteiger partial charge is 0.692 e. The predicted molar refractivity (Wildman–Crippen MR) is 79.8 cm³/mol. The van der Waals surface area contributed by atoms with Gasteiger partial charge >= 0.3 is 0 Å². The Kier molecular flexibility index (Phi) is 4.02. The van der Waals surface area contributed by atoms with Gasteiger partial charge in [0.15, 0.2) is 17.2 Å². The van der Waals surface area contributed by atoms with Gasteiger partial charge in [-0.05, 0) is 23.7 Å². The summed E-state index contributed by atoms with van der Waals surface area (Å²) in [6.45, 7) is 3.78. The van der Waals surface area contributed by atoms with E-state index in [0.717, 1.165) is 35.8 Å². The van der Waals surface area contributed by atoms with Crippen molar-refractivity contribution in [1.29, 1.82) is 0 Å². The maximum atomic E-state index is 14.2. The Morgan fingerprint density at radius 1 is 1.45 bits per heavy atom. The smallest absolute Gasteiger partial charge is 0.222 e. The van der Waals surface area contributed by atoms with Crippen LogP contribution in [0.25, 0.3) is 5.69 Å². The number of rotatable bonds is 4. The lowest BCUT2D eigenvalue weighted by Crippen LogP contribution is -2.41. The molecule has 1 heterocycles. The van der Waals surface area contributed by atoms with Crippen molar-refractivity contribution in [3.05, 3.63) is 52.2 Å². The number of fused-ring (bicyclic) bond motifs is 1. The van der Waals surface area contributed by atoms with Crippen molar-refractivity contribution in [1.82, 2.24) is 9.90 Å². The van der Waals surface area contributed by atoms with E-state index in [1.54, 1.807) is 6.08 Å². The van der Waals surface area contributed by atoms with Gasteiger partial charge in [-0.25, -0.2) is 4.39 Å². The van der Waals surface area contributed by atoms with E-state index in [1.807, 2.05) is 0 Å². The number of ether oxygens (including phenoxy) is 1. The maximum Gasteiger partial charge on any atom is 0.222 e. The van der Waals surface area contributed by atoms with Crippen LogP contribution in [0.5, 0.6) is 5.75 Å². The number of halogens is 2. The number of hydrogen-bond donors (Lipinski definition) is 0. The van der Waals surface area contributed by atoms with Crippen LogP contribution in [-0.4, -0.2) is 16.5 Å². The molecule has 0 bridgehead atoms. The summed E-state index contributed by atoms with van der Waals surface area (Å²) in [6, 6.07) is 2.50. The molecule has 0 atom stereocenters. The second kappa shape index (κ2) is 5.96. The van der Waals surface area contributed by atoms with Gasteiger partial charge in [0.25, 0.3) is 0 Å². The molecule has 22 heavy (non-hydrogen) atoms. The lowest BCUT2D eigenvalue weighted by atomic mass is 10.0. The number of benzene rings is 1. The summed E-state index contributed by atoms with van der Waals surface area (Å²) in [5.74, 6) is -0.341. The van der Waals surface area contributed by atoms with Gasteiger partial charge in [-0.2, -0.15) is 0 Å². The lowest BCUT2D eigenvalue weighted by Gasteiger charge is -2.11. The van der Waals surface area contributed by atoms with Gasteiger partial charge in [-0.1, -0.05) is 24.3 Å². The molecule has 1 aromatic carbocycles. The molecule has 0 unspecified atom stereocenters. The van der Waals surface area contributed by atoms with Crippen LogP contribution in [0.3, 0.4) is 0 Å². The zero-order chi connectivity index (χ0) is 15.7. The molecule has 1 aliphatic rings. The van der Waals surface area contributed by atoms with E-state index in [-0.39, 0.29) is 23.1 Å². The zero-order valence-corrected chi connectivity index (χ0v) is 12.6. The third kappa shape index (κ3) is 2.54. The van der Waals surface area contributed by atoms with Crippen LogP contribution in [0.1, 0.15) is 24.2 Å². The Morgan fingerprint density at radius 3 is 2.95 bits per heavy atom. The van der Waals surface area contributed by atoms with E-state index < -0.39 is 5.82 Å². The van der Waals surface area contributed by atoms with Crippen molar-refractivity contribution in [3.8, 4) is 11.4 Å². The van der Waals surface area contributed by atoms with E-state index in [9.17, 15) is 9.60 Å². The molecule has 0 aliphatic heterocycles. The molecule has 1 aromatic heterocycles. The fourth-order valence-electron chi connectivity index (χ4n) is 2.54. The summed E-state index contributed by atoms with van der Waals surface area (Å²) in [7, 11) is 0. The van der Waals surface area contributed by atoms with E-state index in [1.165, 1.54) is 6.07 Å². The van der Waals surface area contributed by atoms with E-state index in [2.05, 4.69) is 11.7 Å². The number of hydrogen-bond acceptors (Lipinski definition) is 3. The minimum absolute atomic E-state index is 0.0212. The van der Waals surface area contributed by atoms with Crippen LogP contribution in [-0.2, 0) is 12.8 Å². The van der Waals surface area contributed by atoms with Crippen LogP contribution in [0.15, 0.2) is 24.8 Å². The highest BCUT2D eigenvalue weighted by Gasteiger charge is 2.27. The van der Waals surface area contributed by atoms with Crippen molar-refractivity contribution >= 4 is 11.6 Å². The average Bonchev–Trinajstić information content (AvgIpc) is 2.84. The third-order valence-corrected chi connectivity index (χ3v) is 3.90. The summed E-state index contributed by atoms with van der Waals surface area (Å²) in [5.41, 5.74) is 1.35. The van der Waals surface area contributed by atoms with Crippen molar-refractivity contribution in [3.63, 3.8) is 0 Å². The molecule has 0 radical (unpaired) electrons. The standard InChI is InChI=1S/C15H15ClFN3O2/c1-2-7-22-15-9-14(11(17)8-10(15)16)19-18-12-5-3-4-6-13(12)20(19)21/h2,8-9H,1,3-7H2. The van der Waals surface area contributed by atoms with Crippen LogP contribution in [0.4, 0.5) is 4.39 Å². The Hall–Kier alpha value is -2.08. The fraction of sp³-hybridized carbons (Fsp3) is 0.333. The molecule has 116 valence electrons. The Bertz CT molecular complexity index is 730. The molecule has 0 amide bonds. The van der Waals surface area contributed by atoms with Gasteiger partial charge in [0.2, 0.25) is 5.69 Å². The Morgan fingerprint density at radius 2 is 2.23 bits per heavy atom. The van der Waals surface area contributed by atoms with Gasteiger partial charge in [0, 0.05) is 24.0 Å². The second-order valence-electron chi connectivity index (χ2n) is 5.10. The maximum absolute atomic E-state index is 14.2. The fourth-order valence-corrected chi connectivity index (χ4v) is 2.74. The summed E-state index contributed by atoms with van der Waals surface area (Å²) in [6.07, 6.45) is 4.88. The highest BCUT2D eigenvalue weighted by atomic mass is 35.5. The number of aromatic nitrogens is 3. The molecule has 0 saturated carbocycles. The van der Waals surface area contributed by atoms with Crippen molar-refractivity contribution in [2.24, 2.45) is 0 Å². The zero-order valence-electron chi connectivity index (χ0n) is 11.9. The summed E-state index contributed by atoms with van der Waals surface area (Å²) >= 11 is 5.95. The SMILES string of the molecule is C=CCOc1cc(-n2nc3c([n+]2[O-])CCCC3)c(F)cc1Cl. The van der Waals surface area contributed by atoms with Crippen molar-refractivity contribution < 1.29 is 14.0 Å². The van der Waals surface area contributed by atoms with Gasteiger partial charge < -0.3 is 9.94 Å². The molecular formula is C15H15ClFN3O2. The minimum Gasteiger partial charge on any atom is -0.692 e. The van der Waals surface area contributed by atoms with Gasteiger partial charge in [-0.3, -0.25) is 0 Å². The molecule has 0 spiro atoms. The van der Waals surface area contributed by atoms with Crippen molar-refractivity contribution in [2.45, 2.75) is 25.7 Å². The van der Waals surface area contributed by atoms with Gasteiger partial charge in [0.05, 0.1) is 5.02 Å². The Balaban J connectivity index is 2.07. The monoisotopic (exact) mass is 323 g/mol. The quantitative estimate of drug-likeness (QED) is 0.494. The predicted octanol–water partition coefficient (Wildman–Crippen LogP) is 2.74. The van der Waals surface area contributed by atoms with Gasteiger partial charge in [-0.15, -0.1) is 4.85 Å².